The minimum atomic E-state index is -0.105. The molecule has 3 rings (SSSR count). The standard InChI is InChI=1S/C16H21ClN2O3/c1-19-5-3-12(4-6-19)18-16(20)11-9-13(17)15-14(10-11)21-7-2-8-22-15/h9-10,12H,2-8H2,1H3,(H,18,20). The second-order valence-corrected chi connectivity index (χ2v) is 6.29. The molecule has 22 heavy (non-hydrogen) atoms. The molecule has 1 fully saturated rings. The maximum Gasteiger partial charge on any atom is 0.251 e. The third kappa shape index (κ3) is 3.47. The average molecular weight is 325 g/mol. The molecule has 1 aromatic rings. The number of ether oxygens (including phenoxy) is 2. The average Bonchev–Trinajstić information content (AvgIpc) is 2.75. The van der Waals surface area contributed by atoms with E-state index in [2.05, 4.69) is 17.3 Å². The number of carbonyl (C=O) groups is 1. The van der Waals surface area contributed by atoms with E-state index in [1.54, 1.807) is 12.1 Å². The number of carbonyl (C=O) groups excluding carboxylic acids is 1. The van der Waals surface area contributed by atoms with Gasteiger partial charge in [-0.3, -0.25) is 4.79 Å². The molecule has 1 N–H and O–H groups in total. The molecule has 0 atom stereocenters. The highest BCUT2D eigenvalue weighted by Crippen LogP contribution is 2.38. The first kappa shape index (κ1) is 15.4. The SMILES string of the molecule is CN1CCC(NC(=O)c2cc(Cl)c3c(c2)OCCCO3)CC1. The molecule has 1 aromatic carbocycles. The Bertz CT molecular complexity index is 557. The van der Waals surface area contributed by atoms with E-state index in [9.17, 15) is 4.79 Å². The number of likely N-dealkylation sites (tertiary alicyclic amines) is 1. The first-order chi connectivity index (χ1) is 10.6. The molecule has 0 saturated carbocycles. The minimum Gasteiger partial charge on any atom is -0.489 e. The molecule has 0 unspecified atom stereocenters. The van der Waals surface area contributed by atoms with Crippen LogP contribution in [0.3, 0.4) is 0 Å². The fourth-order valence-corrected chi connectivity index (χ4v) is 3.05. The van der Waals surface area contributed by atoms with Gasteiger partial charge in [-0.1, -0.05) is 11.6 Å². The number of fused-ring (bicyclic) bond motifs is 1. The topological polar surface area (TPSA) is 50.8 Å². The quantitative estimate of drug-likeness (QED) is 0.907. The Morgan fingerprint density at radius 1 is 1.27 bits per heavy atom. The normalized spacial score (nSPS) is 19.5. The minimum absolute atomic E-state index is 0.105. The van der Waals surface area contributed by atoms with Gasteiger partial charge in [0, 0.05) is 18.0 Å². The smallest absolute Gasteiger partial charge is 0.251 e. The summed E-state index contributed by atoms with van der Waals surface area (Å²) in [4.78, 5) is 14.7. The van der Waals surface area contributed by atoms with E-state index in [0.29, 0.717) is 35.3 Å². The zero-order chi connectivity index (χ0) is 15.5. The van der Waals surface area contributed by atoms with E-state index in [4.69, 9.17) is 21.1 Å². The number of hydrogen-bond donors (Lipinski definition) is 1. The molecule has 0 bridgehead atoms. The number of hydrogen-bond acceptors (Lipinski definition) is 4. The number of amides is 1. The second-order valence-electron chi connectivity index (χ2n) is 5.89. The molecular formula is C16H21ClN2O3. The fraction of sp³-hybridized carbons (Fsp3) is 0.562. The summed E-state index contributed by atoms with van der Waals surface area (Å²) in [6.45, 7) is 3.16. The number of nitrogens with one attached hydrogen (secondary N) is 1. The van der Waals surface area contributed by atoms with Gasteiger partial charge in [-0.05, 0) is 45.1 Å². The van der Waals surface area contributed by atoms with Crippen LogP contribution in [0, 0.1) is 0 Å². The number of halogens is 1. The van der Waals surface area contributed by atoms with Gasteiger partial charge in [0.2, 0.25) is 0 Å². The molecule has 0 spiro atoms. The maximum absolute atomic E-state index is 12.4. The third-order valence-electron chi connectivity index (χ3n) is 4.12. The van der Waals surface area contributed by atoms with Crippen LogP contribution in [0.2, 0.25) is 5.02 Å². The van der Waals surface area contributed by atoms with Gasteiger partial charge in [0.25, 0.3) is 5.91 Å². The Balaban J connectivity index is 1.72. The molecule has 1 amide bonds. The van der Waals surface area contributed by atoms with E-state index >= 15 is 0 Å². The Kier molecular flexibility index (Phi) is 4.74. The number of piperidine rings is 1. The first-order valence-electron chi connectivity index (χ1n) is 7.72. The van der Waals surface area contributed by atoms with Crippen LogP contribution in [0.4, 0.5) is 0 Å². The first-order valence-corrected chi connectivity index (χ1v) is 8.10. The lowest BCUT2D eigenvalue weighted by atomic mass is 10.0. The van der Waals surface area contributed by atoms with Crippen LogP contribution in [0.15, 0.2) is 12.1 Å². The number of nitrogens with zero attached hydrogens (tertiary/aromatic N) is 1. The third-order valence-corrected chi connectivity index (χ3v) is 4.40. The highest BCUT2D eigenvalue weighted by Gasteiger charge is 2.22. The molecule has 0 radical (unpaired) electrons. The monoisotopic (exact) mass is 324 g/mol. The summed E-state index contributed by atoms with van der Waals surface area (Å²) >= 11 is 6.23. The molecule has 0 aromatic heterocycles. The number of benzene rings is 1. The summed E-state index contributed by atoms with van der Waals surface area (Å²) in [7, 11) is 2.10. The molecule has 2 heterocycles. The van der Waals surface area contributed by atoms with Crippen molar-refractivity contribution in [2.24, 2.45) is 0 Å². The van der Waals surface area contributed by atoms with Crippen LogP contribution < -0.4 is 14.8 Å². The van der Waals surface area contributed by atoms with Crippen molar-refractivity contribution < 1.29 is 14.3 Å². The Hall–Kier alpha value is -1.46. The summed E-state index contributed by atoms with van der Waals surface area (Å²) in [6.07, 6.45) is 2.75. The van der Waals surface area contributed by atoms with Crippen LogP contribution in [0.25, 0.3) is 0 Å². The zero-order valence-electron chi connectivity index (χ0n) is 12.7. The van der Waals surface area contributed by atoms with Gasteiger partial charge in [0.15, 0.2) is 11.5 Å². The van der Waals surface area contributed by atoms with Gasteiger partial charge >= 0.3 is 0 Å². The van der Waals surface area contributed by atoms with Crippen molar-refractivity contribution in [3.8, 4) is 11.5 Å². The molecule has 2 aliphatic heterocycles. The van der Waals surface area contributed by atoms with Crippen molar-refractivity contribution in [1.29, 1.82) is 0 Å². The van der Waals surface area contributed by atoms with Crippen LogP contribution >= 0.6 is 11.6 Å². The summed E-state index contributed by atoms with van der Waals surface area (Å²) in [5, 5.41) is 3.51. The van der Waals surface area contributed by atoms with Crippen molar-refractivity contribution in [3.63, 3.8) is 0 Å². The molecule has 0 aliphatic carbocycles. The van der Waals surface area contributed by atoms with E-state index in [-0.39, 0.29) is 11.9 Å². The summed E-state index contributed by atoms with van der Waals surface area (Å²) < 4.78 is 11.2. The van der Waals surface area contributed by atoms with E-state index in [0.717, 1.165) is 32.4 Å². The molecular weight excluding hydrogens is 304 g/mol. The van der Waals surface area contributed by atoms with E-state index in [1.807, 2.05) is 0 Å². The lowest BCUT2D eigenvalue weighted by Gasteiger charge is -2.29. The van der Waals surface area contributed by atoms with Gasteiger partial charge in [0.05, 0.1) is 18.2 Å². The fourth-order valence-electron chi connectivity index (χ4n) is 2.78. The van der Waals surface area contributed by atoms with Gasteiger partial charge in [-0.25, -0.2) is 0 Å². The summed E-state index contributed by atoms with van der Waals surface area (Å²) in [6, 6.07) is 3.59. The van der Waals surface area contributed by atoms with Crippen LogP contribution in [-0.4, -0.2) is 50.2 Å². The van der Waals surface area contributed by atoms with Crippen LogP contribution in [0.1, 0.15) is 29.6 Å². The highest BCUT2D eigenvalue weighted by molar-refractivity contribution is 6.32. The summed E-state index contributed by atoms with van der Waals surface area (Å²) in [5.41, 5.74) is 0.521. The van der Waals surface area contributed by atoms with E-state index < -0.39 is 0 Å². The Morgan fingerprint density at radius 2 is 2.00 bits per heavy atom. The predicted octanol–water partition coefficient (Wildman–Crippen LogP) is 2.33. The Morgan fingerprint density at radius 3 is 2.77 bits per heavy atom. The van der Waals surface area contributed by atoms with Gasteiger partial charge in [-0.15, -0.1) is 0 Å². The van der Waals surface area contributed by atoms with Gasteiger partial charge in [0.1, 0.15) is 0 Å². The molecule has 1 saturated heterocycles. The predicted molar refractivity (Wildman–Crippen MR) is 85.0 cm³/mol. The Labute approximate surface area is 135 Å². The maximum atomic E-state index is 12.4. The molecule has 120 valence electrons. The highest BCUT2D eigenvalue weighted by atomic mass is 35.5. The van der Waals surface area contributed by atoms with Gasteiger partial charge < -0.3 is 19.7 Å². The van der Waals surface area contributed by atoms with Crippen molar-refractivity contribution in [2.75, 3.05) is 33.4 Å². The summed E-state index contributed by atoms with van der Waals surface area (Å²) in [5.74, 6) is 0.987. The lowest BCUT2D eigenvalue weighted by Crippen LogP contribution is -2.43. The van der Waals surface area contributed by atoms with Crippen molar-refractivity contribution in [1.82, 2.24) is 10.2 Å². The van der Waals surface area contributed by atoms with Gasteiger partial charge in [-0.2, -0.15) is 0 Å². The largest absolute Gasteiger partial charge is 0.489 e. The van der Waals surface area contributed by atoms with Crippen molar-refractivity contribution >= 4 is 17.5 Å². The second kappa shape index (κ2) is 6.75. The molecule has 6 heteroatoms. The van der Waals surface area contributed by atoms with E-state index in [1.165, 1.54) is 0 Å². The van der Waals surface area contributed by atoms with Crippen molar-refractivity contribution in [3.05, 3.63) is 22.7 Å². The number of rotatable bonds is 2. The molecule has 5 nitrogen and oxygen atoms in total. The van der Waals surface area contributed by atoms with Crippen molar-refractivity contribution in [2.45, 2.75) is 25.3 Å². The van der Waals surface area contributed by atoms with Crippen LogP contribution in [-0.2, 0) is 0 Å². The lowest BCUT2D eigenvalue weighted by molar-refractivity contribution is 0.0916. The van der Waals surface area contributed by atoms with Crippen LogP contribution in [0.5, 0.6) is 11.5 Å². The molecule has 2 aliphatic rings. The zero-order valence-corrected chi connectivity index (χ0v) is 13.5.